The molecule has 0 spiro atoms. The summed E-state index contributed by atoms with van der Waals surface area (Å²) in [5.74, 6) is -0.0793. The van der Waals surface area contributed by atoms with Gasteiger partial charge in [0.25, 0.3) is 0 Å². The first-order valence-corrected chi connectivity index (χ1v) is 8.58. The second-order valence-corrected chi connectivity index (χ2v) is 8.55. The van der Waals surface area contributed by atoms with Crippen LogP contribution < -0.4 is 0 Å². The predicted octanol–water partition coefficient (Wildman–Crippen LogP) is 1.59. The van der Waals surface area contributed by atoms with Crippen molar-refractivity contribution < 1.29 is 13.2 Å². The Bertz CT molecular complexity index is 367. The average Bonchev–Trinajstić information content (AvgIpc) is 2.24. The Morgan fingerprint density at radius 2 is 2.12 bits per heavy atom. The van der Waals surface area contributed by atoms with Crippen molar-refractivity contribution in [3.05, 3.63) is 0 Å². The normalized spacial score (nSPS) is 25.2. The van der Waals surface area contributed by atoms with Crippen LogP contribution >= 0.6 is 15.9 Å². The van der Waals surface area contributed by atoms with Gasteiger partial charge in [0.15, 0.2) is 9.84 Å². The highest BCUT2D eigenvalue weighted by atomic mass is 79.9. The fourth-order valence-electron chi connectivity index (χ4n) is 1.96. The zero-order chi connectivity index (χ0) is 13.1. The molecule has 0 saturated carbocycles. The molecule has 0 radical (unpaired) electrons. The molecule has 0 aliphatic carbocycles. The van der Waals surface area contributed by atoms with E-state index in [0.717, 1.165) is 12.8 Å². The van der Waals surface area contributed by atoms with Crippen molar-refractivity contribution >= 4 is 31.7 Å². The van der Waals surface area contributed by atoms with Gasteiger partial charge in [-0.05, 0) is 19.3 Å². The summed E-state index contributed by atoms with van der Waals surface area (Å²) in [6, 6.07) is 0. The summed E-state index contributed by atoms with van der Waals surface area (Å²) >= 11 is 3.41. The third-order valence-electron chi connectivity index (χ3n) is 3.09. The molecule has 6 heteroatoms. The van der Waals surface area contributed by atoms with Crippen molar-refractivity contribution in [2.24, 2.45) is 0 Å². The van der Waals surface area contributed by atoms with Gasteiger partial charge in [0.1, 0.15) is 5.25 Å². The van der Waals surface area contributed by atoms with Gasteiger partial charge in [-0.15, -0.1) is 0 Å². The number of halogens is 1. The summed E-state index contributed by atoms with van der Waals surface area (Å²) in [5.41, 5.74) is 0. The molecule has 100 valence electrons. The lowest BCUT2D eigenvalue weighted by Gasteiger charge is -2.26. The van der Waals surface area contributed by atoms with Crippen molar-refractivity contribution in [2.45, 2.75) is 42.7 Å². The maximum absolute atomic E-state index is 12.1. The van der Waals surface area contributed by atoms with Crippen molar-refractivity contribution in [3.63, 3.8) is 0 Å². The second-order valence-electron chi connectivity index (χ2n) is 4.68. The van der Waals surface area contributed by atoms with Gasteiger partial charge >= 0.3 is 0 Å². The molecule has 1 aliphatic rings. The van der Waals surface area contributed by atoms with E-state index in [-0.39, 0.29) is 11.7 Å². The summed E-state index contributed by atoms with van der Waals surface area (Å²) in [6.07, 6.45) is 2.83. The van der Waals surface area contributed by atoms with Crippen LogP contribution in [0.5, 0.6) is 0 Å². The van der Waals surface area contributed by atoms with Crippen LogP contribution in [-0.2, 0) is 14.6 Å². The first-order valence-electron chi connectivity index (χ1n) is 5.95. The van der Waals surface area contributed by atoms with Gasteiger partial charge in [0, 0.05) is 18.4 Å². The maximum Gasteiger partial charge on any atom is 0.240 e. The first-order chi connectivity index (χ1) is 7.84. The van der Waals surface area contributed by atoms with Crippen LogP contribution in [0.1, 0.15) is 32.6 Å². The highest BCUT2D eigenvalue weighted by Gasteiger charge is 2.36. The fraction of sp³-hybridized carbons (Fsp3) is 0.909. The molecule has 0 bridgehead atoms. The molecular weight excluding hydrogens is 306 g/mol. The lowest BCUT2D eigenvalue weighted by Crippen LogP contribution is -2.44. The van der Waals surface area contributed by atoms with Gasteiger partial charge in [-0.25, -0.2) is 8.42 Å². The maximum atomic E-state index is 12.1. The Hall–Kier alpha value is -0.100. The summed E-state index contributed by atoms with van der Waals surface area (Å²) in [5, 5.41) is -0.799. The van der Waals surface area contributed by atoms with Crippen LogP contribution in [-0.4, -0.2) is 48.6 Å². The number of sulfone groups is 1. The van der Waals surface area contributed by atoms with E-state index in [9.17, 15) is 13.2 Å². The Kier molecular flexibility index (Phi) is 5.44. The van der Waals surface area contributed by atoms with E-state index in [1.807, 2.05) is 6.92 Å². The molecule has 1 saturated heterocycles. The Balaban J connectivity index is 2.62. The second kappa shape index (κ2) is 6.18. The Morgan fingerprint density at radius 3 is 2.65 bits per heavy atom. The van der Waals surface area contributed by atoms with E-state index in [0.29, 0.717) is 24.2 Å². The number of rotatable bonds is 4. The Labute approximate surface area is 112 Å². The van der Waals surface area contributed by atoms with E-state index >= 15 is 0 Å². The average molecular weight is 326 g/mol. The van der Waals surface area contributed by atoms with Crippen LogP contribution in [0.3, 0.4) is 0 Å². The number of hydrogen-bond donors (Lipinski definition) is 0. The summed E-state index contributed by atoms with van der Waals surface area (Å²) in [6.45, 7) is 2.60. The van der Waals surface area contributed by atoms with Crippen LogP contribution in [0.25, 0.3) is 0 Å². The molecule has 17 heavy (non-hydrogen) atoms. The molecule has 1 fully saturated rings. The molecule has 0 aromatic carbocycles. The number of nitrogens with zero attached hydrogens (tertiary/aromatic N) is 1. The molecule has 0 aromatic rings. The smallest absolute Gasteiger partial charge is 0.240 e. The third kappa shape index (κ3) is 4.25. The van der Waals surface area contributed by atoms with Crippen LogP contribution in [0.2, 0.25) is 0 Å². The van der Waals surface area contributed by atoms with E-state index < -0.39 is 15.1 Å². The molecule has 0 N–H and O–H groups in total. The minimum absolute atomic E-state index is 0.159. The first kappa shape index (κ1) is 15.0. The monoisotopic (exact) mass is 325 g/mol. The SMILES string of the molecule is CC(Br)CCN(C)C(=O)C1CCCCS1(=O)=O. The van der Waals surface area contributed by atoms with Gasteiger partial charge < -0.3 is 4.90 Å². The van der Waals surface area contributed by atoms with E-state index in [2.05, 4.69) is 15.9 Å². The Morgan fingerprint density at radius 1 is 1.47 bits per heavy atom. The largest absolute Gasteiger partial charge is 0.345 e. The summed E-state index contributed by atoms with van der Waals surface area (Å²) < 4.78 is 23.6. The van der Waals surface area contributed by atoms with Crippen molar-refractivity contribution in [1.29, 1.82) is 0 Å². The van der Waals surface area contributed by atoms with E-state index in [4.69, 9.17) is 0 Å². The van der Waals surface area contributed by atoms with Gasteiger partial charge in [-0.1, -0.05) is 29.3 Å². The minimum Gasteiger partial charge on any atom is -0.345 e. The van der Waals surface area contributed by atoms with Crippen LogP contribution in [0.15, 0.2) is 0 Å². The van der Waals surface area contributed by atoms with Gasteiger partial charge in [-0.2, -0.15) is 0 Å². The zero-order valence-electron chi connectivity index (χ0n) is 10.4. The molecule has 4 nitrogen and oxygen atoms in total. The molecule has 1 aliphatic heterocycles. The van der Waals surface area contributed by atoms with Crippen molar-refractivity contribution in [2.75, 3.05) is 19.3 Å². The van der Waals surface area contributed by atoms with Crippen molar-refractivity contribution in [1.82, 2.24) is 4.90 Å². The highest BCUT2D eigenvalue weighted by Crippen LogP contribution is 2.21. The van der Waals surface area contributed by atoms with Crippen LogP contribution in [0, 0.1) is 0 Å². The zero-order valence-corrected chi connectivity index (χ0v) is 12.8. The number of carbonyl (C=O) groups is 1. The van der Waals surface area contributed by atoms with Crippen LogP contribution in [0.4, 0.5) is 0 Å². The summed E-state index contributed by atoms with van der Waals surface area (Å²) in [4.78, 5) is 13.9. The standard InChI is InChI=1S/C11H20BrNO3S/c1-9(12)6-7-13(2)11(14)10-5-3-4-8-17(10,15)16/h9-10H,3-8H2,1-2H3. The van der Waals surface area contributed by atoms with E-state index in [1.54, 1.807) is 11.9 Å². The fourth-order valence-corrected chi connectivity index (χ4v) is 4.07. The lowest BCUT2D eigenvalue weighted by molar-refractivity contribution is -0.129. The quantitative estimate of drug-likeness (QED) is 0.737. The van der Waals surface area contributed by atoms with E-state index in [1.165, 1.54) is 0 Å². The van der Waals surface area contributed by atoms with Gasteiger partial charge in [0.05, 0.1) is 5.75 Å². The van der Waals surface area contributed by atoms with Gasteiger partial charge in [0.2, 0.25) is 5.91 Å². The molecule has 1 amide bonds. The molecular formula is C11H20BrNO3S. The predicted molar refractivity (Wildman–Crippen MR) is 72.1 cm³/mol. The molecule has 0 aromatic heterocycles. The highest BCUT2D eigenvalue weighted by molar-refractivity contribution is 9.09. The molecule has 1 heterocycles. The third-order valence-corrected chi connectivity index (χ3v) is 5.71. The van der Waals surface area contributed by atoms with Gasteiger partial charge in [-0.3, -0.25) is 4.79 Å². The van der Waals surface area contributed by atoms with Crippen molar-refractivity contribution in [3.8, 4) is 0 Å². The minimum atomic E-state index is -3.21. The number of amides is 1. The lowest BCUT2D eigenvalue weighted by atomic mass is 10.1. The number of alkyl halides is 1. The molecule has 1 rings (SSSR count). The topological polar surface area (TPSA) is 54.5 Å². The number of hydrogen-bond acceptors (Lipinski definition) is 3. The molecule has 2 atom stereocenters. The molecule has 2 unspecified atom stereocenters. The number of carbonyl (C=O) groups excluding carboxylic acids is 1. The summed E-state index contributed by atoms with van der Waals surface area (Å²) in [7, 11) is -1.53.